The molecular formula is C10H14N4. The smallest absolute Gasteiger partial charge is 0.144 e. The standard InChI is InChI=1S/C10H14N4/c1-7-9(6-11)10(14(3)12-7)13(2)8-4-5-8/h8H,4-5H2,1-3H3. The lowest BCUT2D eigenvalue weighted by Crippen LogP contribution is -2.23. The molecule has 1 saturated carbocycles. The molecule has 4 heteroatoms. The van der Waals surface area contributed by atoms with Crippen molar-refractivity contribution in [3.8, 4) is 6.07 Å². The Bertz CT molecular complexity index is 395. The van der Waals surface area contributed by atoms with Crippen LogP contribution in [-0.2, 0) is 7.05 Å². The molecule has 0 unspecified atom stereocenters. The van der Waals surface area contributed by atoms with Crippen LogP contribution in [0.3, 0.4) is 0 Å². The summed E-state index contributed by atoms with van der Waals surface area (Å²) in [4.78, 5) is 2.17. The van der Waals surface area contributed by atoms with Crippen LogP contribution in [0.1, 0.15) is 24.1 Å². The number of anilines is 1. The van der Waals surface area contributed by atoms with Crippen molar-refractivity contribution in [2.45, 2.75) is 25.8 Å². The molecule has 0 spiro atoms. The molecule has 0 bridgehead atoms. The fraction of sp³-hybridized carbons (Fsp3) is 0.600. The Morgan fingerprint density at radius 3 is 2.71 bits per heavy atom. The van der Waals surface area contributed by atoms with Gasteiger partial charge in [0.25, 0.3) is 0 Å². The zero-order valence-electron chi connectivity index (χ0n) is 8.78. The van der Waals surface area contributed by atoms with Gasteiger partial charge < -0.3 is 4.90 Å². The number of aryl methyl sites for hydroxylation is 2. The van der Waals surface area contributed by atoms with Crippen molar-refractivity contribution in [3.63, 3.8) is 0 Å². The van der Waals surface area contributed by atoms with E-state index in [0.29, 0.717) is 11.6 Å². The van der Waals surface area contributed by atoms with Crippen LogP contribution in [0, 0.1) is 18.3 Å². The monoisotopic (exact) mass is 190 g/mol. The summed E-state index contributed by atoms with van der Waals surface area (Å²) < 4.78 is 1.80. The number of aromatic nitrogens is 2. The summed E-state index contributed by atoms with van der Waals surface area (Å²) in [6.45, 7) is 1.88. The van der Waals surface area contributed by atoms with Gasteiger partial charge in [-0.15, -0.1) is 0 Å². The van der Waals surface area contributed by atoms with E-state index in [9.17, 15) is 0 Å². The summed E-state index contributed by atoms with van der Waals surface area (Å²) in [5.41, 5.74) is 1.53. The number of hydrogen-bond donors (Lipinski definition) is 0. The maximum Gasteiger partial charge on any atom is 0.144 e. The molecule has 0 aliphatic heterocycles. The molecular weight excluding hydrogens is 176 g/mol. The first kappa shape index (κ1) is 9.07. The van der Waals surface area contributed by atoms with Crippen molar-refractivity contribution >= 4 is 5.82 Å². The van der Waals surface area contributed by atoms with Crippen LogP contribution in [0.4, 0.5) is 5.82 Å². The van der Waals surface area contributed by atoms with Gasteiger partial charge in [0.15, 0.2) is 0 Å². The number of nitrogens with zero attached hydrogens (tertiary/aromatic N) is 4. The molecule has 0 N–H and O–H groups in total. The number of hydrogen-bond acceptors (Lipinski definition) is 3. The Kier molecular flexibility index (Phi) is 1.95. The van der Waals surface area contributed by atoms with E-state index in [0.717, 1.165) is 11.5 Å². The van der Waals surface area contributed by atoms with Crippen LogP contribution in [0.25, 0.3) is 0 Å². The molecule has 1 aliphatic rings. The predicted octanol–water partition coefficient (Wildman–Crippen LogP) is 1.20. The van der Waals surface area contributed by atoms with E-state index >= 15 is 0 Å². The lowest BCUT2D eigenvalue weighted by molar-refractivity contribution is 0.725. The second-order valence-electron chi connectivity index (χ2n) is 3.86. The maximum atomic E-state index is 9.03. The zero-order chi connectivity index (χ0) is 10.3. The number of nitriles is 1. The molecule has 1 heterocycles. The van der Waals surface area contributed by atoms with Gasteiger partial charge in [-0.3, -0.25) is 4.68 Å². The van der Waals surface area contributed by atoms with Crippen LogP contribution in [0.15, 0.2) is 0 Å². The highest BCUT2D eigenvalue weighted by Gasteiger charge is 2.30. The van der Waals surface area contributed by atoms with Crippen LogP contribution in [0.5, 0.6) is 0 Å². The van der Waals surface area contributed by atoms with Gasteiger partial charge in [-0.2, -0.15) is 10.4 Å². The van der Waals surface area contributed by atoms with Crippen LogP contribution >= 0.6 is 0 Å². The van der Waals surface area contributed by atoms with Crippen molar-refractivity contribution in [3.05, 3.63) is 11.3 Å². The van der Waals surface area contributed by atoms with Crippen molar-refractivity contribution in [1.82, 2.24) is 9.78 Å². The third-order valence-corrected chi connectivity index (χ3v) is 2.73. The average Bonchev–Trinajstić information content (AvgIpc) is 2.91. The first-order valence-corrected chi connectivity index (χ1v) is 4.81. The minimum atomic E-state index is 0.608. The van der Waals surface area contributed by atoms with Gasteiger partial charge >= 0.3 is 0 Å². The first-order chi connectivity index (χ1) is 6.65. The largest absolute Gasteiger partial charge is 0.356 e. The van der Waals surface area contributed by atoms with Crippen molar-refractivity contribution in [2.75, 3.05) is 11.9 Å². The first-order valence-electron chi connectivity index (χ1n) is 4.81. The molecule has 0 radical (unpaired) electrons. The SMILES string of the molecule is Cc1nn(C)c(N(C)C2CC2)c1C#N. The van der Waals surface area contributed by atoms with Gasteiger partial charge in [0.2, 0.25) is 0 Å². The highest BCUT2D eigenvalue weighted by atomic mass is 15.4. The Morgan fingerprint density at radius 2 is 2.21 bits per heavy atom. The molecule has 0 aromatic carbocycles. The quantitative estimate of drug-likeness (QED) is 0.704. The predicted molar refractivity (Wildman–Crippen MR) is 54.1 cm³/mol. The second-order valence-corrected chi connectivity index (χ2v) is 3.86. The highest BCUT2D eigenvalue weighted by molar-refractivity contribution is 5.57. The number of rotatable bonds is 2. The van der Waals surface area contributed by atoms with E-state index in [4.69, 9.17) is 5.26 Å². The summed E-state index contributed by atoms with van der Waals surface area (Å²) >= 11 is 0. The average molecular weight is 190 g/mol. The summed E-state index contributed by atoms with van der Waals surface area (Å²) in [5.74, 6) is 0.951. The zero-order valence-corrected chi connectivity index (χ0v) is 8.78. The minimum Gasteiger partial charge on any atom is -0.356 e. The summed E-state index contributed by atoms with van der Waals surface area (Å²) in [6.07, 6.45) is 2.46. The van der Waals surface area contributed by atoms with Crippen molar-refractivity contribution < 1.29 is 0 Å². The van der Waals surface area contributed by atoms with Gasteiger partial charge in [-0.1, -0.05) is 0 Å². The molecule has 0 atom stereocenters. The van der Waals surface area contributed by atoms with E-state index in [1.54, 1.807) is 4.68 Å². The van der Waals surface area contributed by atoms with Crippen LogP contribution in [0.2, 0.25) is 0 Å². The van der Waals surface area contributed by atoms with Gasteiger partial charge in [0.05, 0.1) is 5.69 Å². The maximum absolute atomic E-state index is 9.03. The van der Waals surface area contributed by atoms with E-state index in [-0.39, 0.29) is 0 Å². The molecule has 4 nitrogen and oxygen atoms in total. The molecule has 0 amide bonds. The van der Waals surface area contributed by atoms with Gasteiger partial charge in [0.1, 0.15) is 17.5 Å². The van der Waals surface area contributed by atoms with Crippen molar-refractivity contribution in [1.29, 1.82) is 5.26 Å². The lowest BCUT2D eigenvalue weighted by atomic mass is 10.2. The van der Waals surface area contributed by atoms with E-state index in [2.05, 4.69) is 16.1 Å². The molecule has 1 aromatic rings. The van der Waals surface area contributed by atoms with E-state index in [1.807, 2.05) is 21.0 Å². The van der Waals surface area contributed by atoms with Gasteiger partial charge in [-0.05, 0) is 19.8 Å². The molecule has 74 valence electrons. The fourth-order valence-electron chi connectivity index (χ4n) is 1.82. The summed E-state index contributed by atoms with van der Waals surface area (Å²) in [6, 6.07) is 2.83. The summed E-state index contributed by atoms with van der Waals surface area (Å²) in [7, 11) is 3.93. The summed E-state index contributed by atoms with van der Waals surface area (Å²) in [5, 5.41) is 13.3. The molecule has 0 saturated heterocycles. The minimum absolute atomic E-state index is 0.608. The molecule has 1 fully saturated rings. The van der Waals surface area contributed by atoms with E-state index < -0.39 is 0 Å². The van der Waals surface area contributed by atoms with Crippen LogP contribution < -0.4 is 4.90 Å². The Morgan fingerprint density at radius 1 is 1.57 bits per heavy atom. The van der Waals surface area contributed by atoms with Gasteiger partial charge in [-0.25, -0.2) is 0 Å². The lowest BCUT2D eigenvalue weighted by Gasteiger charge is -2.18. The molecule has 1 aromatic heterocycles. The van der Waals surface area contributed by atoms with E-state index in [1.165, 1.54) is 12.8 Å². The Labute approximate surface area is 83.7 Å². The van der Waals surface area contributed by atoms with Crippen LogP contribution in [-0.4, -0.2) is 22.9 Å². The molecule has 2 rings (SSSR count). The normalized spacial score (nSPS) is 15.3. The third-order valence-electron chi connectivity index (χ3n) is 2.73. The fourth-order valence-corrected chi connectivity index (χ4v) is 1.82. The molecule has 1 aliphatic carbocycles. The second kappa shape index (κ2) is 3.02. The topological polar surface area (TPSA) is 44.9 Å². The third kappa shape index (κ3) is 1.25. The van der Waals surface area contributed by atoms with Gasteiger partial charge in [0, 0.05) is 20.1 Å². The van der Waals surface area contributed by atoms with Crippen molar-refractivity contribution in [2.24, 2.45) is 7.05 Å². The highest BCUT2D eigenvalue weighted by Crippen LogP contribution is 2.32. The molecule has 14 heavy (non-hydrogen) atoms. The Hall–Kier alpha value is -1.50. The Balaban J connectivity index is 2.44.